The number of sulfonamides is 1. The van der Waals surface area contributed by atoms with Crippen molar-refractivity contribution in [2.24, 2.45) is 0 Å². The second-order valence-corrected chi connectivity index (χ2v) is 5.54. The van der Waals surface area contributed by atoms with Gasteiger partial charge < -0.3 is 9.84 Å². The van der Waals surface area contributed by atoms with Gasteiger partial charge in [0.25, 0.3) is 0 Å². The predicted molar refractivity (Wildman–Crippen MR) is 53.0 cm³/mol. The van der Waals surface area contributed by atoms with Crippen LogP contribution in [0.15, 0.2) is 0 Å². The Labute approximate surface area is 88.9 Å². The van der Waals surface area contributed by atoms with Gasteiger partial charge in [0, 0.05) is 26.3 Å². The fourth-order valence-electron chi connectivity index (χ4n) is 1.53. The Hall–Kier alpha value is -0.660. The van der Waals surface area contributed by atoms with Crippen LogP contribution in [0, 0.1) is 0 Å². The fourth-order valence-corrected chi connectivity index (χ4v) is 2.71. The van der Waals surface area contributed by atoms with Crippen molar-refractivity contribution in [1.29, 1.82) is 0 Å². The highest BCUT2D eigenvalue weighted by Crippen LogP contribution is 2.16. The lowest BCUT2D eigenvalue weighted by Gasteiger charge is -2.29. The van der Waals surface area contributed by atoms with Crippen molar-refractivity contribution >= 4 is 16.0 Å². The van der Waals surface area contributed by atoms with Gasteiger partial charge in [0.1, 0.15) is 0 Å². The lowest BCUT2D eigenvalue weighted by molar-refractivity contribution is -0.134. The van der Waals surface area contributed by atoms with E-state index in [-0.39, 0.29) is 6.04 Å². The van der Waals surface area contributed by atoms with Crippen LogP contribution in [0.25, 0.3) is 0 Å². The third-order valence-electron chi connectivity index (χ3n) is 2.45. The summed E-state index contributed by atoms with van der Waals surface area (Å²) in [6.07, 6.45) is 1.24. The van der Waals surface area contributed by atoms with E-state index in [1.165, 1.54) is 7.05 Å². The molecule has 0 bridgehead atoms. The number of rotatable bonds is 4. The highest BCUT2D eigenvalue weighted by Gasteiger charge is 2.29. The number of carboxylic acids is 1. The fraction of sp³-hybridized carbons (Fsp3) is 0.875. The van der Waals surface area contributed by atoms with Gasteiger partial charge in [0.05, 0.1) is 0 Å². The number of hydrogen-bond acceptors (Lipinski definition) is 4. The molecule has 1 aliphatic rings. The average Bonchev–Trinajstić information content (AvgIpc) is 2.16. The van der Waals surface area contributed by atoms with Crippen LogP contribution in [-0.4, -0.2) is 55.9 Å². The van der Waals surface area contributed by atoms with Crippen molar-refractivity contribution in [1.82, 2.24) is 4.31 Å². The maximum Gasteiger partial charge on any atom is 0.320 e. The SMILES string of the molecule is CN(C1CCOCC1)S(=O)(=O)CC(=O)O. The number of ether oxygens (including phenoxy) is 1. The molecular formula is C8H15NO5S. The normalized spacial score (nSPS) is 19.3. The number of nitrogens with zero attached hydrogens (tertiary/aromatic N) is 1. The quantitative estimate of drug-likeness (QED) is 0.713. The summed E-state index contributed by atoms with van der Waals surface area (Å²) in [6.45, 7) is 1.05. The summed E-state index contributed by atoms with van der Waals surface area (Å²) in [4.78, 5) is 10.4. The first-order valence-electron chi connectivity index (χ1n) is 4.69. The molecule has 1 heterocycles. The second-order valence-electron chi connectivity index (χ2n) is 3.51. The summed E-state index contributed by atoms with van der Waals surface area (Å²) < 4.78 is 29.4. The minimum absolute atomic E-state index is 0.136. The van der Waals surface area contributed by atoms with Gasteiger partial charge in [-0.3, -0.25) is 4.79 Å². The molecule has 6 nitrogen and oxygen atoms in total. The molecule has 88 valence electrons. The van der Waals surface area contributed by atoms with Crippen LogP contribution < -0.4 is 0 Å². The maximum absolute atomic E-state index is 11.5. The van der Waals surface area contributed by atoms with Gasteiger partial charge in [0.15, 0.2) is 5.75 Å². The zero-order valence-electron chi connectivity index (χ0n) is 8.55. The minimum Gasteiger partial charge on any atom is -0.480 e. The van der Waals surface area contributed by atoms with E-state index in [0.717, 1.165) is 4.31 Å². The highest BCUT2D eigenvalue weighted by atomic mass is 32.2. The van der Waals surface area contributed by atoms with E-state index < -0.39 is 21.7 Å². The Bertz CT molecular complexity index is 320. The van der Waals surface area contributed by atoms with Crippen LogP contribution in [0.5, 0.6) is 0 Å². The zero-order chi connectivity index (χ0) is 11.5. The smallest absolute Gasteiger partial charge is 0.320 e. The minimum atomic E-state index is -3.68. The van der Waals surface area contributed by atoms with E-state index in [0.29, 0.717) is 26.1 Å². The van der Waals surface area contributed by atoms with Gasteiger partial charge in [-0.25, -0.2) is 12.7 Å². The Morgan fingerprint density at radius 3 is 2.47 bits per heavy atom. The van der Waals surface area contributed by atoms with Gasteiger partial charge in [-0.05, 0) is 12.8 Å². The van der Waals surface area contributed by atoms with E-state index in [1.807, 2.05) is 0 Å². The number of carbonyl (C=O) groups is 1. The standard InChI is InChI=1S/C8H15NO5S/c1-9(7-2-4-14-5-3-7)15(12,13)6-8(10)11/h7H,2-6H2,1H3,(H,10,11). The van der Waals surface area contributed by atoms with Crippen LogP contribution in [0.3, 0.4) is 0 Å². The summed E-state index contributed by atoms with van der Waals surface area (Å²) in [5, 5.41) is 8.47. The monoisotopic (exact) mass is 237 g/mol. The van der Waals surface area contributed by atoms with Crippen molar-refractivity contribution in [3.63, 3.8) is 0 Å². The summed E-state index contributed by atoms with van der Waals surface area (Å²) in [6, 6.07) is -0.136. The van der Waals surface area contributed by atoms with Crippen molar-refractivity contribution < 1.29 is 23.1 Å². The Balaban J connectivity index is 2.65. The van der Waals surface area contributed by atoms with Crippen LogP contribution >= 0.6 is 0 Å². The summed E-state index contributed by atoms with van der Waals surface area (Å²) in [7, 11) is -2.26. The van der Waals surface area contributed by atoms with Crippen LogP contribution in [-0.2, 0) is 19.6 Å². The number of carboxylic acid groups (broad SMARTS) is 1. The molecular weight excluding hydrogens is 222 g/mol. The van der Waals surface area contributed by atoms with E-state index in [9.17, 15) is 13.2 Å². The molecule has 1 N–H and O–H groups in total. The van der Waals surface area contributed by atoms with Gasteiger partial charge in [-0.15, -0.1) is 0 Å². The molecule has 0 spiro atoms. The van der Waals surface area contributed by atoms with E-state index in [2.05, 4.69) is 0 Å². The second kappa shape index (κ2) is 4.91. The Kier molecular flexibility index (Phi) is 4.06. The number of aliphatic carboxylic acids is 1. The van der Waals surface area contributed by atoms with Crippen molar-refractivity contribution in [3.05, 3.63) is 0 Å². The predicted octanol–water partition coefficient (Wildman–Crippen LogP) is -0.488. The average molecular weight is 237 g/mol. The molecule has 0 aliphatic carbocycles. The first-order valence-corrected chi connectivity index (χ1v) is 6.29. The maximum atomic E-state index is 11.5. The molecule has 0 aromatic carbocycles. The number of hydrogen-bond donors (Lipinski definition) is 1. The highest BCUT2D eigenvalue weighted by molar-refractivity contribution is 7.89. The van der Waals surface area contributed by atoms with Gasteiger partial charge in [0.2, 0.25) is 10.0 Å². The van der Waals surface area contributed by atoms with Crippen LogP contribution in [0.2, 0.25) is 0 Å². The zero-order valence-corrected chi connectivity index (χ0v) is 9.37. The Morgan fingerprint density at radius 1 is 1.47 bits per heavy atom. The van der Waals surface area contributed by atoms with E-state index in [1.54, 1.807) is 0 Å². The molecule has 1 saturated heterocycles. The first-order chi connectivity index (χ1) is 6.93. The van der Waals surface area contributed by atoms with Crippen LogP contribution in [0.1, 0.15) is 12.8 Å². The lowest BCUT2D eigenvalue weighted by Crippen LogP contribution is -2.42. The molecule has 1 fully saturated rings. The molecule has 0 unspecified atom stereocenters. The van der Waals surface area contributed by atoms with Crippen molar-refractivity contribution in [2.45, 2.75) is 18.9 Å². The molecule has 0 radical (unpaired) electrons. The molecule has 0 saturated carbocycles. The summed E-state index contributed by atoms with van der Waals surface area (Å²) >= 11 is 0. The van der Waals surface area contributed by atoms with Gasteiger partial charge in [-0.2, -0.15) is 0 Å². The molecule has 1 aliphatic heterocycles. The topological polar surface area (TPSA) is 83.9 Å². The first kappa shape index (κ1) is 12.4. The van der Waals surface area contributed by atoms with Crippen molar-refractivity contribution in [3.8, 4) is 0 Å². The third kappa shape index (κ3) is 3.44. The Morgan fingerprint density at radius 2 is 2.00 bits per heavy atom. The summed E-state index contributed by atoms with van der Waals surface area (Å²) in [5.74, 6) is -2.17. The third-order valence-corrected chi connectivity index (χ3v) is 4.24. The molecule has 0 aromatic rings. The van der Waals surface area contributed by atoms with Gasteiger partial charge >= 0.3 is 5.97 Å². The molecule has 7 heteroatoms. The van der Waals surface area contributed by atoms with E-state index in [4.69, 9.17) is 9.84 Å². The molecule has 1 rings (SSSR count). The van der Waals surface area contributed by atoms with Crippen LogP contribution in [0.4, 0.5) is 0 Å². The molecule has 0 atom stereocenters. The van der Waals surface area contributed by atoms with E-state index >= 15 is 0 Å². The summed E-state index contributed by atoms with van der Waals surface area (Å²) in [5.41, 5.74) is 0. The molecule has 0 aromatic heterocycles. The lowest BCUT2D eigenvalue weighted by atomic mass is 10.1. The van der Waals surface area contributed by atoms with Gasteiger partial charge in [-0.1, -0.05) is 0 Å². The largest absolute Gasteiger partial charge is 0.480 e. The molecule has 15 heavy (non-hydrogen) atoms. The van der Waals surface area contributed by atoms with Crippen molar-refractivity contribution in [2.75, 3.05) is 26.0 Å². The molecule has 0 amide bonds.